The number of hydrogen-bond donors (Lipinski definition) is 3. The first-order valence-electron chi connectivity index (χ1n) is 13.8. The summed E-state index contributed by atoms with van der Waals surface area (Å²) in [7, 11) is 3.89. The van der Waals surface area contributed by atoms with Crippen LogP contribution in [0.1, 0.15) is 18.4 Å². The molecule has 0 atom stereocenters. The average molecular weight is 574 g/mol. The van der Waals surface area contributed by atoms with E-state index in [0.29, 0.717) is 17.5 Å². The summed E-state index contributed by atoms with van der Waals surface area (Å²) in [5.41, 5.74) is 4.88. The lowest BCUT2D eigenvalue weighted by atomic mass is 10.0. The van der Waals surface area contributed by atoms with Crippen LogP contribution in [0.4, 0.5) is 11.6 Å². The molecule has 10 heteroatoms. The second kappa shape index (κ2) is 13.6. The molecule has 0 unspecified atom stereocenters. The van der Waals surface area contributed by atoms with Gasteiger partial charge in [-0.3, -0.25) is 4.90 Å². The Kier molecular flexibility index (Phi) is 9.51. The van der Waals surface area contributed by atoms with Crippen LogP contribution in [-0.2, 0) is 16.1 Å². The number of likely N-dealkylation sites (N-methyl/N-ethyl adjacent to an activating group) is 1. The third-order valence-electron chi connectivity index (χ3n) is 7.06. The number of ether oxygens (including phenoxy) is 1. The Morgan fingerprint density at radius 2 is 2.02 bits per heavy atom. The molecule has 4 aromatic rings. The molecule has 0 spiro atoms. The second-order valence-electron chi connectivity index (χ2n) is 10.5. The number of fused-ring (bicyclic) bond motifs is 1. The Morgan fingerprint density at radius 1 is 1.20 bits per heavy atom. The fraction of sp³-hybridized carbons (Fsp3) is 0.323. The molecule has 3 N–H and O–H groups in total. The highest BCUT2D eigenvalue weighted by Crippen LogP contribution is 2.32. The molecule has 2 aromatic carbocycles. The van der Waals surface area contributed by atoms with E-state index in [9.17, 15) is 4.79 Å². The Balaban J connectivity index is 1.10. The lowest BCUT2D eigenvalue weighted by Gasteiger charge is -2.32. The molecule has 9 nitrogen and oxygen atoms in total. The zero-order valence-electron chi connectivity index (χ0n) is 23.4. The number of H-pyrrole nitrogens is 1. The van der Waals surface area contributed by atoms with Gasteiger partial charge in [-0.15, -0.1) is 0 Å². The highest BCUT2D eigenvalue weighted by Gasteiger charge is 2.21. The lowest BCUT2D eigenvalue weighted by Crippen LogP contribution is -2.39. The number of nitrogens with zero attached hydrogens (tertiary/aromatic N) is 4. The number of aromatic amines is 1. The van der Waals surface area contributed by atoms with Crippen LogP contribution in [0.2, 0.25) is 5.02 Å². The van der Waals surface area contributed by atoms with E-state index < -0.39 is 0 Å². The predicted octanol–water partition coefficient (Wildman–Crippen LogP) is 5.39. The minimum atomic E-state index is -0.356. The number of halogens is 1. The summed E-state index contributed by atoms with van der Waals surface area (Å²) in [5, 5.41) is 8.31. The summed E-state index contributed by atoms with van der Waals surface area (Å²) in [6, 6.07) is 16.6. The van der Waals surface area contributed by atoms with E-state index in [1.165, 1.54) is 11.6 Å². The molecule has 3 heterocycles. The minimum absolute atomic E-state index is 0.125. The molecule has 0 radical (unpaired) electrons. The molecule has 1 saturated heterocycles. The van der Waals surface area contributed by atoms with Gasteiger partial charge in [0.25, 0.3) is 0 Å². The highest BCUT2D eigenvalue weighted by molar-refractivity contribution is 6.33. The van der Waals surface area contributed by atoms with Crippen LogP contribution in [0.15, 0.2) is 73.1 Å². The van der Waals surface area contributed by atoms with Crippen LogP contribution in [0.3, 0.4) is 0 Å². The van der Waals surface area contributed by atoms with Crippen LogP contribution in [0.5, 0.6) is 0 Å². The molecule has 5 rings (SSSR count). The monoisotopic (exact) mass is 573 g/mol. The maximum Gasteiger partial charge on any atom is 0.332 e. The molecular weight excluding hydrogens is 538 g/mol. The van der Waals surface area contributed by atoms with E-state index in [2.05, 4.69) is 43.7 Å². The topological polar surface area (TPSA) is 98.4 Å². The van der Waals surface area contributed by atoms with E-state index in [-0.39, 0.29) is 18.7 Å². The van der Waals surface area contributed by atoms with E-state index in [0.717, 1.165) is 60.3 Å². The van der Waals surface area contributed by atoms with Crippen molar-refractivity contribution in [3.8, 4) is 11.3 Å². The van der Waals surface area contributed by atoms with Gasteiger partial charge in [-0.1, -0.05) is 48.0 Å². The summed E-state index contributed by atoms with van der Waals surface area (Å²) >= 11 is 6.50. The number of piperidine rings is 1. The van der Waals surface area contributed by atoms with Crippen molar-refractivity contribution in [2.24, 2.45) is 0 Å². The van der Waals surface area contributed by atoms with Gasteiger partial charge in [-0.25, -0.2) is 14.8 Å². The van der Waals surface area contributed by atoms with Gasteiger partial charge in [0.2, 0.25) is 5.95 Å². The fourth-order valence-corrected chi connectivity index (χ4v) is 5.14. The van der Waals surface area contributed by atoms with Gasteiger partial charge in [0, 0.05) is 66.6 Å². The smallest absolute Gasteiger partial charge is 0.332 e. The number of benzene rings is 2. The van der Waals surface area contributed by atoms with Crippen LogP contribution in [0, 0.1) is 0 Å². The van der Waals surface area contributed by atoms with Crippen LogP contribution in [0.25, 0.3) is 22.2 Å². The number of aromatic nitrogens is 3. The molecule has 1 aliphatic rings. The predicted molar refractivity (Wildman–Crippen MR) is 165 cm³/mol. The van der Waals surface area contributed by atoms with Gasteiger partial charge in [0.05, 0.1) is 16.9 Å². The minimum Gasteiger partial charge on any atom is -0.441 e. The van der Waals surface area contributed by atoms with E-state index in [1.54, 1.807) is 12.3 Å². The van der Waals surface area contributed by atoms with Crippen LogP contribution in [-0.4, -0.2) is 77.2 Å². The van der Waals surface area contributed by atoms with Gasteiger partial charge >= 0.3 is 5.97 Å². The van der Waals surface area contributed by atoms with Gasteiger partial charge < -0.3 is 25.3 Å². The van der Waals surface area contributed by atoms with Crippen LogP contribution < -0.4 is 10.6 Å². The quantitative estimate of drug-likeness (QED) is 0.125. The van der Waals surface area contributed by atoms with Crippen molar-refractivity contribution in [1.29, 1.82) is 0 Å². The van der Waals surface area contributed by atoms with Crippen molar-refractivity contribution < 1.29 is 9.53 Å². The molecule has 2 aromatic heterocycles. The first-order chi connectivity index (χ1) is 19.9. The standard InChI is InChI=1S/C31H36ClN7O2/c1-38(2)14-6-11-29(40)41-21-35-24-8-5-7-22(17-24)20-39-15-12-23(13-16-39)36-31-34-19-27(32)30(37-31)26-18-33-28-10-4-3-9-25(26)28/h3-11,17-19,23,33,35H,12-16,20-21H2,1-2H3,(H,34,36,37)/b11-6+. The maximum atomic E-state index is 11.8. The molecule has 0 amide bonds. The highest BCUT2D eigenvalue weighted by atomic mass is 35.5. The Morgan fingerprint density at radius 3 is 2.85 bits per heavy atom. The van der Waals surface area contributed by atoms with E-state index in [1.807, 2.05) is 55.5 Å². The zero-order chi connectivity index (χ0) is 28.6. The third kappa shape index (κ3) is 7.85. The largest absolute Gasteiger partial charge is 0.441 e. The second-order valence-corrected chi connectivity index (χ2v) is 10.9. The average Bonchev–Trinajstić information content (AvgIpc) is 3.39. The normalized spacial score (nSPS) is 14.6. The number of carbonyl (C=O) groups excluding carboxylic acids is 1. The van der Waals surface area contributed by atoms with Gasteiger partial charge in [0.1, 0.15) is 0 Å². The van der Waals surface area contributed by atoms with Crippen molar-refractivity contribution in [3.63, 3.8) is 0 Å². The molecular formula is C31H36ClN7O2. The number of anilines is 2. The number of nitrogens with one attached hydrogen (secondary N) is 3. The van der Waals surface area contributed by atoms with Crippen molar-refractivity contribution in [2.45, 2.75) is 25.4 Å². The van der Waals surface area contributed by atoms with Crippen molar-refractivity contribution >= 4 is 40.1 Å². The molecule has 0 bridgehead atoms. The number of esters is 1. The maximum absolute atomic E-state index is 11.8. The van der Waals surface area contributed by atoms with E-state index >= 15 is 0 Å². The van der Waals surface area contributed by atoms with E-state index in [4.69, 9.17) is 21.3 Å². The first kappa shape index (κ1) is 28.6. The first-order valence-corrected chi connectivity index (χ1v) is 14.2. The van der Waals surface area contributed by atoms with Crippen molar-refractivity contribution in [3.05, 3.63) is 83.7 Å². The molecule has 0 aliphatic carbocycles. The summed E-state index contributed by atoms with van der Waals surface area (Å²) in [4.78, 5) is 28.8. The summed E-state index contributed by atoms with van der Waals surface area (Å²) in [6.45, 7) is 3.61. The fourth-order valence-electron chi connectivity index (χ4n) is 4.95. The molecule has 1 aliphatic heterocycles. The Hall–Kier alpha value is -3.92. The molecule has 41 heavy (non-hydrogen) atoms. The number of likely N-dealkylation sites (tertiary alicyclic amines) is 1. The van der Waals surface area contributed by atoms with Gasteiger partial charge in [0.15, 0.2) is 6.73 Å². The summed E-state index contributed by atoms with van der Waals surface area (Å²) < 4.78 is 5.24. The number of carbonyl (C=O) groups is 1. The van der Waals surface area contributed by atoms with Crippen molar-refractivity contribution in [2.75, 3.05) is 51.1 Å². The van der Waals surface area contributed by atoms with Crippen molar-refractivity contribution in [1.82, 2.24) is 24.8 Å². The lowest BCUT2D eigenvalue weighted by molar-refractivity contribution is -0.137. The molecule has 214 valence electrons. The Labute approximate surface area is 245 Å². The summed E-state index contributed by atoms with van der Waals surface area (Å²) in [6.07, 6.45) is 8.84. The summed E-state index contributed by atoms with van der Waals surface area (Å²) in [5.74, 6) is 0.242. The SMILES string of the molecule is CN(C)C/C=C/C(=O)OCNc1cccc(CN2CCC(Nc3ncc(Cl)c(-c4c[nH]c5ccccc45)n3)CC2)c1. The van der Waals surface area contributed by atoms with Crippen LogP contribution >= 0.6 is 11.6 Å². The number of hydrogen-bond acceptors (Lipinski definition) is 8. The molecule has 1 fully saturated rings. The van der Waals surface area contributed by atoms with Gasteiger partial charge in [-0.05, 0) is 50.7 Å². The zero-order valence-corrected chi connectivity index (χ0v) is 24.2. The number of para-hydroxylation sites is 1. The number of rotatable bonds is 11. The molecule has 0 saturated carbocycles. The third-order valence-corrected chi connectivity index (χ3v) is 7.33. The Bertz CT molecular complexity index is 1490. The van der Waals surface area contributed by atoms with Gasteiger partial charge in [-0.2, -0.15) is 0 Å².